The van der Waals surface area contributed by atoms with Crippen LogP contribution >= 0.6 is 0 Å². The number of benzene rings is 1. The molecule has 0 bridgehead atoms. The lowest BCUT2D eigenvalue weighted by atomic mass is 10.1. The highest BCUT2D eigenvalue weighted by Crippen LogP contribution is 2.22. The normalized spacial score (nSPS) is 14.3. The molecule has 3 heterocycles. The number of hydrogen-bond acceptors (Lipinski definition) is 3. The van der Waals surface area contributed by atoms with Gasteiger partial charge in [0.1, 0.15) is 5.82 Å². The number of nitrogens with one attached hydrogen (secondary N) is 2. The summed E-state index contributed by atoms with van der Waals surface area (Å²) in [5.74, 6) is 1.92. The number of carbonyl (C=O) groups excluding carboxylic acids is 1. The van der Waals surface area contributed by atoms with E-state index in [1.807, 2.05) is 25.1 Å². The van der Waals surface area contributed by atoms with Gasteiger partial charge in [-0.3, -0.25) is 4.79 Å². The molecule has 6 nitrogen and oxygen atoms in total. The van der Waals surface area contributed by atoms with Crippen molar-refractivity contribution in [2.24, 2.45) is 0 Å². The van der Waals surface area contributed by atoms with E-state index in [4.69, 9.17) is 0 Å². The zero-order chi connectivity index (χ0) is 17.2. The molecule has 2 N–H and O–H groups in total. The van der Waals surface area contributed by atoms with Crippen LogP contribution in [-0.4, -0.2) is 25.7 Å². The number of hydrogen-bond donors (Lipinski definition) is 2. The molecule has 0 spiro atoms. The van der Waals surface area contributed by atoms with Crippen LogP contribution in [0.25, 0.3) is 10.9 Å². The van der Waals surface area contributed by atoms with E-state index in [0.29, 0.717) is 13.0 Å². The number of aromatic nitrogens is 4. The second-order valence-corrected chi connectivity index (χ2v) is 6.72. The Bertz CT molecular complexity index is 908. The number of nitrogens with zero attached hydrogens (tertiary/aromatic N) is 3. The first kappa shape index (κ1) is 15.9. The zero-order valence-corrected chi connectivity index (χ0v) is 14.5. The Hall–Kier alpha value is -2.63. The Balaban J connectivity index is 1.44. The summed E-state index contributed by atoms with van der Waals surface area (Å²) in [7, 11) is 0. The van der Waals surface area contributed by atoms with Crippen molar-refractivity contribution in [2.75, 3.05) is 0 Å². The molecule has 4 rings (SSSR count). The van der Waals surface area contributed by atoms with Crippen LogP contribution in [0.2, 0.25) is 0 Å². The Morgan fingerprint density at radius 3 is 3.04 bits per heavy atom. The van der Waals surface area contributed by atoms with Gasteiger partial charge in [0.2, 0.25) is 5.91 Å². The van der Waals surface area contributed by atoms with Gasteiger partial charge in [-0.05, 0) is 31.4 Å². The molecule has 0 radical (unpaired) electrons. The summed E-state index contributed by atoms with van der Waals surface area (Å²) in [5.41, 5.74) is 3.19. The van der Waals surface area contributed by atoms with Crippen molar-refractivity contribution in [1.29, 1.82) is 0 Å². The summed E-state index contributed by atoms with van der Waals surface area (Å²) in [4.78, 5) is 15.8. The van der Waals surface area contributed by atoms with Gasteiger partial charge in [-0.25, -0.2) is 0 Å². The predicted octanol–water partition coefficient (Wildman–Crippen LogP) is 2.65. The maximum atomic E-state index is 12.5. The molecule has 1 aliphatic heterocycles. The van der Waals surface area contributed by atoms with Crippen molar-refractivity contribution < 1.29 is 4.79 Å². The third kappa shape index (κ3) is 3.16. The van der Waals surface area contributed by atoms with Crippen LogP contribution < -0.4 is 5.32 Å². The minimum atomic E-state index is 0.0128. The lowest BCUT2D eigenvalue weighted by Gasteiger charge is -2.08. The first-order chi connectivity index (χ1) is 12.2. The van der Waals surface area contributed by atoms with Crippen LogP contribution in [0.3, 0.4) is 0 Å². The van der Waals surface area contributed by atoms with Gasteiger partial charge in [-0.2, -0.15) is 0 Å². The number of rotatable bonds is 4. The average molecular weight is 337 g/mol. The van der Waals surface area contributed by atoms with Crippen molar-refractivity contribution in [2.45, 2.75) is 52.1 Å². The zero-order valence-electron chi connectivity index (χ0n) is 14.5. The van der Waals surface area contributed by atoms with E-state index >= 15 is 0 Å². The minimum Gasteiger partial charge on any atom is -0.358 e. The smallest absolute Gasteiger partial charge is 0.224 e. The van der Waals surface area contributed by atoms with Gasteiger partial charge in [0, 0.05) is 29.6 Å². The molecule has 1 aliphatic rings. The first-order valence-corrected chi connectivity index (χ1v) is 8.96. The summed E-state index contributed by atoms with van der Waals surface area (Å²) >= 11 is 0. The third-order valence-corrected chi connectivity index (χ3v) is 4.99. The Morgan fingerprint density at radius 2 is 2.12 bits per heavy atom. The van der Waals surface area contributed by atoms with Gasteiger partial charge in [-0.15, -0.1) is 10.2 Å². The van der Waals surface area contributed by atoms with E-state index in [0.717, 1.165) is 53.2 Å². The molecule has 0 aliphatic carbocycles. The lowest BCUT2D eigenvalue weighted by Crippen LogP contribution is -2.26. The Kier molecular flexibility index (Phi) is 4.26. The molecule has 0 fully saturated rings. The highest BCUT2D eigenvalue weighted by Gasteiger charge is 2.16. The van der Waals surface area contributed by atoms with Crippen molar-refractivity contribution >= 4 is 16.8 Å². The van der Waals surface area contributed by atoms with E-state index in [-0.39, 0.29) is 5.91 Å². The monoisotopic (exact) mass is 337 g/mol. The van der Waals surface area contributed by atoms with Crippen molar-refractivity contribution in [3.8, 4) is 0 Å². The minimum absolute atomic E-state index is 0.0128. The quantitative estimate of drug-likeness (QED) is 0.768. The third-order valence-electron chi connectivity index (χ3n) is 4.99. The second kappa shape index (κ2) is 6.70. The van der Waals surface area contributed by atoms with Gasteiger partial charge in [-0.1, -0.05) is 24.6 Å². The molecule has 130 valence electrons. The SMILES string of the molecule is Cc1[nH]c2ccccc2c1CC(=O)NCc1nnc2n1CCCCC2. The van der Waals surface area contributed by atoms with Crippen LogP contribution in [0.1, 0.15) is 42.2 Å². The predicted molar refractivity (Wildman–Crippen MR) is 96.2 cm³/mol. The molecular formula is C19H23N5O. The largest absolute Gasteiger partial charge is 0.358 e. The first-order valence-electron chi connectivity index (χ1n) is 8.96. The van der Waals surface area contributed by atoms with Gasteiger partial charge >= 0.3 is 0 Å². The van der Waals surface area contributed by atoms with E-state index in [1.54, 1.807) is 0 Å². The summed E-state index contributed by atoms with van der Waals surface area (Å²) in [5, 5.41) is 12.7. The molecule has 1 aromatic carbocycles. The molecule has 0 saturated carbocycles. The number of H-pyrrole nitrogens is 1. The van der Waals surface area contributed by atoms with Crippen LogP contribution in [0.15, 0.2) is 24.3 Å². The van der Waals surface area contributed by atoms with E-state index in [9.17, 15) is 4.79 Å². The van der Waals surface area contributed by atoms with E-state index < -0.39 is 0 Å². The summed E-state index contributed by atoms with van der Waals surface area (Å²) < 4.78 is 2.17. The number of amides is 1. The molecule has 1 amide bonds. The summed E-state index contributed by atoms with van der Waals surface area (Å²) in [6.07, 6.45) is 4.91. The van der Waals surface area contributed by atoms with Gasteiger partial charge in [0.15, 0.2) is 5.82 Å². The van der Waals surface area contributed by atoms with Gasteiger partial charge in [0.25, 0.3) is 0 Å². The maximum Gasteiger partial charge on any atom is 0.224 e. The Labute approximate surface area is 146 Å². The Morgan fingerprint density at radius 1 is 1.24 bits per heavy atom. The van der Waals surface area contributed by atoms with Gasteiger partial charge < -0.3 is 14.9 Å². The van der Waals surface area contributed by atoms with Crippen LogP contribution in [-0.2, 0) is 30.7 Å². The average Bonchev–Trinajstić information content (AvgIpc) is 3.04. The number of aromatic amines is 1. The second-order valence-electron chi connectivity index (χ2n) is 6.72. The molecule has 0 saturated heterocycles. The summed E-state index contributed by atoms with van der Waals surface area (Å²) in [6.45, 7) is 3.41. The van der Waals surface area contributed by atoms with Crippen LogP contribution in [0.4, 0.5) is 0 Å². The van der Waals surface area contributed by atoms with Crippen molar-refractivity contribution in [3.63, 3.8) is 0 Å². The standard InChI is InChI=1S/C19H23N5O/c1-13-15(14-7-4-5-8-16(14)21-13)11-19(25)20-12-18-23-22-17-9-3-2-6-10-24(17)18/h4-5,7-8,21H,2-3,6,9-12H2,1H3,(H,20,25). The molecule has 3 aromatic rings. The number of aryl methyl sites for hydroxylation is 2. The van der Waals surface area contributed by atoms with Crippen LogP contribution in [0, 0.1) is 6.92 Å². The number of fused-ring (bicyclic) bond motifs is 2. The fraction of sp³-hybridized carbons (Fsp3) is 0.421. The van der Waals surface area contributed by atoms with Gasteiger partial charge in [0.05, 0.1) is 13.0 Å². The van der Waals surface area contributed by atoms with Crippen LogP contribution in [0.5, 0.6) is 0 Å². The molecule has 0 atom stereocenters. The maximum absolute atomic E-state index is 12.5. The topological polar surface area (TPSA) is 75.6 Å². The molecule has 0 unspecified atom stereocenters. The van der Waals surface area contributed by atoms with E-state index in [1.165, 1.54) is 12.8 Å². The molecule has 2 aromatic heterocycles. The highest BCUT2D eigenvalue weighted by atomic mass is 16.1. The fourth-order valence-electron chi connectivity index (χ4n) is 3.64. The van der Waals surface area contributed by atoms with Crippen molar-refractivity contribution in [1.82, 2.24) is 25.1 Å². The summed E-state index contributed by atoms with van der Waals surface area (Å²) in [6, 6.07) is 8.09. The highest BCUT2D eigenvalue weighted by molar-refractivity contribution is 5.90. The molecule has 25 heavy (non-hydrogen) atoms. The fourth-order valence-corrected chi connectivity index (χ4v) is 3.64. The molecule has 6 heteroatoms. The lowest BCUT2D eigenvalue weighted by molar-refractivity contribution is -0.120. The molecular weight excluding hydrogens is 314 g/mol. The number of para-hydroxylation sites is 1. The number of carbonyl (C=O) groups is 1. The van der Waals surface area contributed by atoms with Crippen molar-refractivity contribution in [3.05, 3.63) is 47.2 Å². The van der Waals surface area contributed by atoms with E-state index in [2.05, 4.69) is 31.1 Å².